The standard InChI is InChI=1S/C18H17NO/c1-19-11-10-13-8-5-9-16-17(13)15(12-19)18(20-16)14-6-3-2-4-7-14/h2-9H,10-12H2,1H3. The lowest BCUT2D eigenvalue weighted by atomic mass is 10.0. The van der Waals surface area contributed by atoms with Crippen molar-refractivity contribution in [2.45, 2.75) is 13.0 Å². The number of benzene rings is 2. The summed E-state index contributed by atoms with van der Waals surface area (Å²) in [6, 6.07) is 16.8. The van der Waals surface area contributed by atoms with E-state index in [1.54, 1.807) is 0 Å². The van der Waals surface area contributed by atoms with E-state index >= 15 is 0 Å². The van der Waals surface area contributed by atoms with Crippen molar-refractivity contribution >= 4 is 11.0 Å². The molecule has 100 valence electrons. The highest BCUT2D eigenvalue weighted by molar-refractivity contribution is 5.91. The molecule has 0 fully saturated rings. The van der Waals surface area contributed by atoms with Crippen LogP contribution in [0.2, 0.25) is 0 Å². The predicted molar refractivity (Wildman–Crippen MR) is 81.7 cm³/mol. The first-order valence-electron chi connectivity index (χ1n) is 7.10. The lowest BCUT2D eigenvalue weighted by Crippen LogP contribution is -2.18. The third kappa shape index (κ3) is 1.76. The third-order valence-electron chi connectivity index (χ3n) is 4.13. The summed E-state index contributed by atoms with van der Waals surface area (Å²) in [6.45, 7) is 2.05. The second-order valence-electron chi connectivity index (χ2n) is 5.55. The van der Waals surface area contributed by atoms with E-state index in [1.165, 1.54) is 22.1 Å². The maximum atomic E-state index is 6.17. The van der Waals surface area contributed by atoms with Gasteiger partial charge in [0.1, 0.15) is 11.3 Å². The Kier molecular flexibility index (Phi) is 2.64. The lowest BCUT2D eigenvalue weighted by molar-refractivity contribution is 0.335. The quantitative estimate of drug-likeness (QED) is 0.657. The van der Waals surface area contributed by atoms with E-state index in [-0.39, 0.29) is 0 Å². The minimum Gasteiger partial charge on any atom is -0.456 e. The van der Waals surface area contributed by atoms with Gasteiger partial charge in [0, 0.05) is 29.6 Å². The molecule has 0 radical (unpaired) electrons. The Balaban J connectivity index is 2.03. The summed E-state index contributed by atoms with van der Waals surface area (Å²) in [4.78, 5) is 2.37. The van der Waals surface area contributed by atoms with Gasteiger partial charge in [-0.25, -0.2) is 0 Å². The summed E-state index contributed by atoms with van der Waals surface area (Å²) >= 11 is 0. The first-order valence-corrected chi connectivity index (χ1v) is 7.10. The van der Waals surface area contributed by atoms with Gasteiger partial charge in [-0.15, -0.1) is 0 Å². The van der Waals surface area contributed by atoms with Gasteiger partial charge in [-0.2, -0.15) is 0 Å². The summed E-state index contributed by atoms with van der Waals surface area (Å²) in [6.07, 6.45) is 1.09. The largest absolute Gasteiger partial charge is 0.456 e. The number of likely N-dealkylation sites (N-methyl/N-ethyl adjacent to an activating group) is 1. The molecule has 2 heteroatoms. The van der Waals surface area contributed by atoms with Crippen LogP contribution in [-0.2, 0) is 13.0 Å². The molecule has 0 aliphatic carbocycles. The van der Waals surface area contributed by atoms with Crippen LogP contribution in [0.1, 0.15) is 11.1 Å². The van der Waals surface area contributed by atoms with Crippen molar-refractivity contribution in [2.24, 2.45) is 0 Å². The molecule has 4 rings (SSSR count). The molecular formula is C18H17NO. The zero-order valence-corrected chi connectivity index (χ0v) is 11.6. The zero-order chi connectivity index (χ0) is 13.5. The highest BCUT2D eigenvalue weighted by atomic mass is 16.3. The summed E-state index contributed by atoms with van der Waals surface area (Å²) in [5.74, 6) is 1.03. The average molecular weight is 263 g/mol. The molecule has 0 N–H and O–H groups in total. The van der Waals surface area contributed by atoms with Crippen molar-refractivity contribution in [1.82, 2.24) is 4.90 Å². The molecule has 0 saturated heterocycles. The fourth-order valence-electron chi connectivity index (χ4n) is 3.13. The Morgan fingerprint density at radius 2 is 1.85 bits per heavy atom. The fourth-order valence-corrected chi connectivity index (χ4v) is 3.13. The van der Waals surface area contributed by atoms with Crippen LogP contribution in [0.5, 0.6) is 0 Å². The van der Waals surface area contributed by atoms with E-state index < -0.39 is 0 Å². The molecule has 1 aromatic heterocycles. The molecule has 0 saturated carbocycles. The van der Waals surface area contributed by atoms with Crippen LogP contribution in [-0.4, -0.2) is 18.5 Å². The minimum absolute atomic E-state index is 0.953. The van der Waals surface area contributed by atoms with Crippen molar-refractivity contribution in [1.29, 1.82) is 0 Å². The first-order chi connectivity index (χ1) is 9.83. The molecule has 20 heavy (non-hydrogen) atoms. The Hall–Kier alpha value is -2.06. The van der Waals surface area contributed by atoms with Crippen molar-refractivity contribution in [3.63, 3.8) is 0 Å². The maximum absolute atomic E-state index is 6.17. The summed E-state index contributed by atoms with van der Waals surface area (Å²) in [5.41, 5.74) is 4.93. The molecule has 1 aliphatic heterocycles. The summed E-state index contributed by atoms with van der Waals surface area (Å²) in [5, 5.41) is 1.33. The Bertz CT molecular complexity index is 758. The van der Waals surface area contributed by atoms with Crippen LogP contribution in [0.15, 0.2) is 52.9 Å². The van der Waals surface area contributed by atoms with Gasteiger partial charge >= 0.3 is 0 Å². The van der Waals surface area contributed by atoms with Crippen molar-refractivity contribution < 1.29 is 4.42 Å². The van der Waals surface area contributed by atoms with E-state index in [1.807, 2.05) is 6.07 Å². The van der Waals surface area contributed by atoms with E-state index in [4.69, 9.17) is 4.42 Å². The first kappa shape index (κ1) is 11.7. The van der Waals surface area contributed by atoms with Gasteiger partial charge in [0.15, 0.2) is 0 Å². The number of furan rings is 1. The molecule has 0 bridgehead atoms. The molecular weight excluding hydrogens is 246 g/mol. The minimum atomic E-state index is 0.953. The smallest absolute Gasteiger partial charge is 0.139 e. The van der Waals surface area contributed by atoms with Crippen molar-refractivity contribution in [2.75, 3.05) is 13.6 Å². The number of nitrogens with zero attached hydrogens (tertiary/aromatic N) is 1. The van der Waals surface area contributed by atoms with Crippen LogP contribution in [0, 0.1) is 0 Å². The highest BCUT2D eigenvalue weighted by Crippen LogP contribution is 2.37. The number of hydrogen-bond acceptors (Lipinski definition) is 2. The second kappa shape index (κ2) is 4.50. The normalized spacial score (nSPS) is 15.4. The number of hydrogen-bond donors (Lipinski definition) is 0. The van der Waals surface area contributed by atoms with E-state index in [0.717, 1.165) is 30.9 Å². The monoisotopic (exact) mass is 263 g/mol. The van der Waals surface area contributed by atoms with Gasteiger partial charge in [0.25, 0.3) is 0 Å². The molecule has 0 unspecified atom stereocenters. The Morgan fingerprint density at radius 1 is 1.00 bits per heavy atom. The van der Waals surface area contributed by atoms with Crippen LogP contribution < -0.4 is 0 Å². The molecule has 1 aliphatic rings. The van der Waals surface area contributed by atoms with Crippen LogP contribution >= 0.6 is 0 Å². The molecule has 2 heterocycles. The average Bonchev–Trinajstić information content (AvgIpc) is 2.76. The molecule has 0 amide bonds. The van der Waals surface area contributed by atoms with Gasteiger partial charge < -0.3 is 9.32 Å². The molecule has 0 atom stereocenters. The third-order valence-corrected chi connectivity index (χ3v) is 4.13. The predicted octanol–water partition coefficient (Wildman–Crippen LogP) is 4.09. The SMILES string of the molecule is CN1CCc2cccc3oc(-c4ccccc4)c(c23)C1. The van der Waals surface area contributed by atoms with Gasteiger partial charge in [-0.05, 0) is 25.1 Å². The summed E-state index contributed by atoms with van der Waals surface area (Å²) in [7, 11) is 2.18. The van der Waals surface area contributed by atoms with Gasteiger partial charge in [-0.3, -0.25) is 0 Å². The van der Waals surface area contributed by atoms with Gasteiger partial charge in [0.2, 0.25) is 0 Å². The van der Waals surface area contributed by atoms with Crippen LogP contribution in [0.25, 0.3) is 22.3 Å². The number of rotatable bonds is 1. The Morgan fingerprint density at radius 3 is 2.70 bits per heavy atom. The van der Waals surface area contributed by atoms with Crippen molar-refractivity contribution in [3.8, 4) is 11.3 Å². The van der Waals surface area contributed by atoms with E-state index in [2.05, 4.69) is 54.4 Å². The topological polar surface area (TPSA) is 16.4 Å². The Labute approximate surface area is 118 Å². The molecule has 2 aromatic carbocycles. The molecule has 3 aromatic rings. The zero-order valence-electron chi connectivity index (χ0n) is 11.6. The van der Waals surface area contributed by atoms with Crippen molar-refractivity contribution in [3.05, 3.63) is 59.7 Å². The van der Waals surface area contributed by atoms with E-state index in [9.17, 15) is 0 Å². The fraction of sp³-hybridized carbons (Fsp3) is 0.222. The maximum Gasteiger partial charge on any atom is 0.139 e. The molecule has 2 nitrogen and oxygen atoms in total. The van der Waals surface area contributed by atoms with Gasteiger partial charge in [-0.1, -0.05) is 42.5 Å². The van der Waals surface area contributed by atoms with Crippen LogP contribution in [0.3, 0.4) is 0 Å². The molecule has 0 spiro atoms. The second-order valence-corrected chi connectivity index (χ2v) is 5.55. The highest BCUT2D eigenvalue weighted by Gasteiger charge is 2.22. The lowest BCUT2D eigenvalue weighted by Gasteiger charge is -2.13. The van der Waals surface area contributed by atoms with E-state index in [0.29, 0.717) is 0 Å². The summed E-state index contributed by atoms with van der Waals surface area (Å²) < 4.78 is 6.17. The van der Waals surface area contributed by atoms with Crippen LogP contribution in [0.4, 0.5) is 0 Å². The van der Waals surface area contributed by atoms with Gasteiger partial charge in [0.05, 0.1) is 0 Å².